The third-order valence-corrected chi connectivity index (χ3v) is 10.5. The van der Waals surface area contributed by atoms with E-state index in [9.17, 15) is 13.0 Å². The zero-order valence-corrected chi connectivity index (χ0v) is 30.6. The molecular weight excluding hydrogens is 567 g/mol. The first-order valence-electron chi connectivity index (χ1n) is 19.0. The molecule has 0 aromatic heterocycles. The Kier molecular flexibility index (Phi) is 25.5. The van der Waals surface area contributed by atoms with Crippen molar-refractivity contribution in [2.45, 2.75) is 199 Å². The van der Waals surface area contributed by atoms with E-state index in [4.69, 9.17) is 0 Å². The van der Waals surface area contributed by atoms with E-state index >= 15 is 0 Å². The van der Waals surface area contributed by atoms with Crippen molar-refractivity contribution in [3.05, 3.63) is 41.5 Å². The van der Waals surface area contributed by atoms with Gasteiger partial charge in [-0.1, -0.05) is 198 Å². The van der Waals surface area contributed by atoms with Crippen LogP contribution in [0.25, 0.3) is 10.8 Å². The zero-order valence-electron chi connectivity index (χ0n) is 29.8. The molecule has 0 aliphatic carbocycles. The monoisotopic (exact) mass is 634 g/mol. The van der Waals surface area contributed by atoms with Crippen LogP contribution in [0.4, 0.5) is 0 Å². The van der Waals surface area contributed by atoms with E-state index < -0.39 is 10.1 Å². The van der Waals surface area contributed by atoms with Gasteiger partial charge in [0.1, 0.15) is 10.1 Å². The second-order valence-corrected chi connectivity index (χ2v) is 14.8. The summed E-state index contributed by atoms with van der Waals surface area (Å²) in [6.45, 7) is 4.54. The fourth-order valence-corrected chi connectivity index (χ4v) is 7.84. The molecule has 0 fully saturated rings. The second kappa shape index (κ2) is 27.2. The van der Waals surface area contributed by atoms with Crippen LogP contribution in [0, 0.1) is 0 Å². The number of aryl methyl sites for hydroxylation is 1. The van der Waals surface area contributed by atoms with Crippen molar-refractivity contribution in [1.29, 1.82) is 0 Å². The minimum atomic E-state index is -4.56. The van der Waals surface area contributed by atoms with Crippen LogP contribution in [0.2, 0.25) is 0 Å². The fourth-order valence-electron chi connectivity index (χ4n) is 6.85. The normalized spacial score (nSPS) is 11.7. The molecule has 0 radical (unpaired) electrons. The summed E-state index contributed by atoms with van der Waals surface area (Å²) in [5.41, 5.74) is 1.89. The molecule has 0 heterocycles. The van der Waals surface area contributed by atoms with Gasteiger partial charge >= 0.3 is 18.9 Å². The third-order valence-electron chi connectivity index (χ3n) is 9.53. The number of benzene rings is 2. The van der Waals surface area contributed by atoms with Crippen molar-refractivity contribution in [1.82, 2.24) is 0 Å². The van der Waals surface area contributed by atoms with Crippen LogP contribution in [-0.2, 0) is 23.0 Å². The van der Waals surface area contributed by atoms with E-state index in [0.29, 0.717) is 11.8 Å². The topological polar surface area (TPSA) is 57.2 Å². The van der Waals surface area contributed by atoms with Crippen LogP contribution in [0.15, 0.2) is 35.2 Å². The Labute approximate surface area is 291 Å². The van der Waals surface area contributed by atoms with E-state index in [1.807, 2.05) is 24.3 Å². The molecule has 0 N–H and O–H groups in total. The molecule has 0 bridgehead atoms. The summed E-state index contributed by atoms with van der Waals surface area (Å²) in [5.74, 6) is 0. The molecule has 2 aromatic rings. The molecule has 45 heavy (non-hydrogen) atoms. The molecular formula is C40H67LiO3S. The second-order valence-electron chi connectivity index (χ2n) is 13.5. The number of unbranched alkanes of at least 4 members (excludes halogenated alkanes) is 24. The first-order valence-corrected chi connectivity index (χ1v) is 20.4. The van der Waals surface area contributed by atoms with Gasteiger partial charge < -0.3 is 4.55 Å². The van der Waals surface area contributed by atoms with Crippen molar-refractivity contribution >= 4 is 20.9 Å². The van der Waals surface area contributed by atoms with Gasteiger partial charge in [0.2, 0.25) is 0 Å². The predicted octanol–water partition coefficient (Wildman–Crippen LogP) is 10.0. The van der Waals surface area contributed by atoms with Crippen LogP contribution in [0.1, 0.15) is 192 Å². The molecule has 0 aliphatic rings. The van der Waals surface area contributed by atoms with Gasteiger partial charge in [0, 0.05) is 0 Å². The van der Waals surface area contributed by atoms with E-state index in [0.717, 1.165) is 42.2 Å². The summed E-state index contributed by atoms with van der Waals surface area (Å²) in [7, 11) is -4.56. The Balaban J connectivity index is 0.0000101. The van der Waals surface area contributed by atoms with Gasteiger partial charge in [-0.25, -0.2) is 8.42 Å². The summed E-state index contributed by atoms with van der Waals surface area (Å²) in [5, 5.41) is 1.47. The molecule has 0 aliphatic heterocycles. The minimum absolute atomic E-state index is 0. The maximum absolute atomic E-state index is 12.6. The number of fused-ring (bicyclic) bond motifs is 1. The molecule has 0 spiro atoms. The predicted molar refractivity (Wildman–Crippen MR) is 191 cm³/mol. The maximum Gasteiger partial charge on any atom is 1.00 e. The number of rotatable bonds is 29. The molecule has 0 saturated carbocycles. The van der Waals surface area contributed by atoms with Crippen LogP contribution in [0.5, 0.6) is 0 Å². The Bertz CT molecular complexity index is 1100. The quantitative estimate of drug-likeness (QED) is 0.0508. The standard InChI is InChI=1S/C40H68O3S.Li/c1-3-5-7-9-11-13-15-17-19-21-23-25-27-31-36-35-37-32-29-30-34-39(37)40(44(41,42)43)38(36)33-28-26-24-22-20-18-16-14-12-10-8-6-4-2;/h29-30,32,34-35H,3-28,31,33H2,1-2H3,(H,41,42,43);/q;+1/p-1. The largest absolute Gasteiger partial charge is 1.00 e. The number of hydrogen-bond donors (Lipinski definition) is 0. The Morgan fingerprint density at radius 2 is 0.867 bits per heavy atom. The Hall–Kier alpha value is -0.793. The molecule has 0 unspecified atom stereocenters. The van der Waals surface area contributed by atoms with Gasteiger partial charge in [-0.2, -0.15) is 0 Å². The molecule has 2 rings (SSSR count). The fraction of sp³-hybridized carbons (Fsp3) is 0.750. The van der Waals surface area contributed by atoms with Crippen molar-refractivity contribution < 1.29 is 31.8 Å². The van der Waals surface area contributed by atoms with Gasteiger partial charge in [-0.15, -0.1) is 0 Å². The summed E-state index contributed by atoms with van der Waals surface area (Å²) >= 11 is 0. The average Bonchev–Trinajstić information content (AvgIpc) is 3.01. The molecule has 3 nitrogen and oxygen atoms in total. The van der Waals surface area contributed by atoms with Crippen LogP contribution in [0.3, 0.4) is 0 Å². The average molecular weight is 635 g/mol. The zero-order chi connectivity index (χ0) is 31.7. The first kappa shape index (κ1) is 42.2. The molecule has 0 saturated heterocycles. The van der Waals surface area contributed by atoms with E-state index in [2.05, 4.69) is 19.9 Å². The number of hydrogen-bond acceptors (Lipinski definition) is 3. The molecule has 2 aromatic carbocycles. The van der Waals surface area contributed by atoms with Gasteiger partial charge in [0.15, 0.2) is 0 Å². The van der Waals surface area contributed by atoms with E-state index in [1.165, 1.54) is 148 Å². The first-order chi connectivity index (χ1) is 21.5. The molecule has 5 heteroatoms. The SMILES string of the molecule is CCCCCCCCCCCCCCCc1cc2ccccc2c(S(=O)(=O)[O-])c1CCCCCCCCCCCCCCC.[Li+]. The summed E-state index contributed by atoms with van der Waals surface area (Å²) < 4.78 is 37.8. The van der Waals surface area contributed by atoms with Crippen LogP contribution >= 0.6 is 0 Å². The molecule has 0 amide bonds. The third kappa shape index (κ3) is 19.0. The van der Waals surface area contributed by atoms with Gasteiger partial charge in [-0.3, -0.25) is 0 Å². The van der Waals surface area contributed by atoms with E-state index in [1.54, 1.807) is 0 Å². The molecule has 252 valence electrons. The van der Waals surface area contributed by atoms with Gasteiger partial charge in [-0.05, 0) is 47.6 Å². The van der Waals surface area contributed by atoms with Crippen LogP contribution in [-0.4, -0.2) is 13.0 Å². The van der Waals surface area contributed by atoms with Gasteiger partial charge in [0.25, 0.3) is 0 Å². The molecule has 0 atom stereocenters. The van der Waals surface area contributed by atoms with Crippen molar-refractivity contribution in [2.24, 2.45) is 0 Å². The van der Waals surface area contributed by atoms with Crippen molar-refractivity contribution in [3.63, 3.8) is 0 Å². The minimum Gasteiger partial charge on any atom is -0.744 e. The van der Waals surface area contributed by atoms with Gasteiger partial charge in [0.05, 0.1) is 4.90 Å². The van der Waals surface area contributed by atoms with E-state index in [-0.39, 0.29) is 23.8 Å². The summed E-state index contributed by atoms with van der Waals surface area (Å²) in [6.07, 6.45) is 35.4. The van der Waals surface area contributed by atoms with Crippen molar-refractivity contribution in [3.8, 4) is 0 Å². The Morgan fingerprint density at radius 1 is 0.511 bits per heavy atom. The summed E-state index contributed by atoms with van der Waals surface area (Å²) in [6, 6.07) is 9.71. The summed E-state index contributed by atoms with van der Waals surface area (Å²) in [4.78, 5) is 0.0548. The van der Waals surface area contributed by atoms with Crippen LogP contribution < -0.4 is 18.9 Å². The smallest absolute Gasteiger partial charge is 0.744 e. The Morgan fingerprint density at radius 3 is 1.27 bits per heavy atom. The maximum atomic E-state index is 12.6. The van der Waals surface area contributed by atoms with Crippen molar-refractivity contribution in [2.75, 3.05) is 0 Å².